The molecular formula is C15H28N2O2. The van der Waals surface area contributed by atoms with Crippen LogP contribution in [-0.4, -0.2) is 37.2 Å². The number of nitrogens with one attached hydrogen (secondary N) is 2. The molecule has 4 nitrogen and oxygen atoms in total. The number of hydrogen-bond donors (Lipinski definition) is 2. The van der Waals surface area contributed by atoms with Gasteiger partial charge in [-0.25, -0.2) is 0 Å². The van der Waals surface area contributed by atoms with Gasteiger partial charge in [-0.1, -0.05) is 19.3 Å². The van der Waals surface area contributed by atoms with Gasteiger partial charge in [-0.05, 0) is 39.0 Å². The molecule has 0 radical (unpaired) electrons. The monoisotopic (exact) mass is 268 g/mol. The zero-order valence-electron chi connectivity index (χ0n) is 12.3. The second-order valence-electron chi connectivity index (χ2n) is 6.10. The highest BCUT2D eigenvalue weighted by atomic mass is 16.5. The van der Waals surface area contributed by atoms with Crippen molar-refractivity contribution in [2.75, 3.05) is 13.2 Å². The molecule has 19 heavy (non-hydrogen) atoms. The average molecular weight is 268 g/mol. The van der Waals surface area contributed by atoms with Crippen LogP contribution in [0.1, 0.15) is 52.4 Å². The molecule has 0 aromatic heterocycles. The second-order valence-corrected chi connectivity index (χ2v) is 6.10. The molecule has 0 aromatic carbocycles. The maximum atomic E-state index is 12.1. The van der Waals surface area contributed by atoms with Gasteiger partial charge >= 0.3 is 0 Å². The lowest BCUT2D eigenvalue weighted by atomic mass is 9.95. The van der Waals surface area contributed by atoms with E-state index in [9.17, 15) is 4.79 Å². The third-order valence-corrected chi connectivity index (χ3v) is 4.56. The zero-order valence-corrected chi connectivity index (χ0v) is 12.3. The molecule has 1 heterocycles. The summed E-state index contributed by atoms with van der Waals surface area (Å²) in [6, 6.07) is 0.300. The van der Waals surface area contributed by atoms with Crippen LogP contribution in [0.2, 0.25) is 0 Å². The summed E-state index contributed by atoms with van der Waals surface area (Å²) >= 11 is 0. The van der Waals surface area contributed by atoms with Crippen molar-refractivity contribution in [1.82, 2.24) is 10.6 Å². The van der Waals surface area contributed by atoms with Crippen molar-refractivity contribution in [3.05, 3.63) is 0 Å². The summed E-state index contributed by atoms with van der Waals surface area (Å²) in [6.45, 7) is 5.81. The summed E-state index contributed by atoms with van der Waals surface area (Å²) in [5, 5.41) is 6.52. The Morgan fingerprint density at radius 2 is 2.00 bits per heavy atom. The molecule has 3 atom stereocenters. The van der Waals surface area contributed by atoms with Gasteiger partial charge in [0.15, 0.2) is 0 Å². The Balaban J connectivity index is 1.66. The molecule has 4 heteroatoms. The first-order chi connectivity index (χ1) is 9.16. The molecule has 1 amide bonds. The van der Waals surface area contributed by atoms with Crippen molar-refractivity contribution in [3.63, 3.8) is 0 Å². The molecule has 1 saturated heterocycles. The number of amides is 1. The highest BCUT2D eigenvalue weighted by Gasteiger charge is 2.25. The van der Waals surface area contributed by atoms with Crippen molar-refractivity contribution in [2.24, 2.45) is 5.92 Å². The van der Waals surface area contributed by atoms with Gasteiger partial charge in [0, 0.05) is 19.2 Å². The molecule has 110 valence electrons. The number of ether oxygens (including phenoxy) is 1. The number of hydrogen-bond acceptors (Lipinski definition) is 3. The van der Waals surface area contributed by atoms with Crippen LogP contribution in [0.25, 0.3) is 0 Å². The second kappa shape index (κ2) is 7.25. The van der Waals surface area contributed by atoms with E-state index in [1.165, 1.54) is 19.3 Å². The lowest BCUT2D eigenvalue weighted by Gasteiger charge is -2.25. The SMILES string of the molecule is CC(NCC1CCOC1C)C(=O)NC1CCCCC1. The highest BCUT2D eigenvalue weighted by Crippen LogP contribution is 2.19. The summed E-state index contributed by atoms with van der Waals surface area (Å²) in [7, 11) is 0. The molecule has 2 rings (SSSR count). The maximum absolute atomic E-state index is 12.1. The van der Waals surface area contributed by atoms with Crippen LogP contribution in [-0.2, 0) is 9.53 Å². The van der Waals surface area contributed by atoms with E-state index in [1.807, 2.05) is 6.92 Å². The Morgan fingerprint density at radius 3 is 2.63 bits per heavy atom. The molecule has 2 aliphatic rings. The molecule has 1 saturated carbocycles. The lowest BCUT2D eigenvalue weighted by molar-refractivity contribution is -0.123. The van der Waals surface area contributed by atoms with Crippen molar-refractivity contribution >= 4 is 5.91 Å². The van der Waals surface area contributed by atoms with E-state index in [4.69, 9.17) is 4.74 Å². The molecule has 2 fully saturated rings. The van der Waals surface area contributed by atoms with E-state index in [0.717, 1.165) is 32.4 Å². The van der Waals surface area contributed by atoms with Crippen LogP contribution in [0.4, 0.5) is 0 Å². The van der Waals surface area contributed by atoms with Gasteiger partial charge in [0.1, 0.15) is 0 Å². The summed E-state index contributed by atoms with van der Waals surface area (Å²) in [5.41, 5.74) is 0. The van der Waals surface area contributed by atoms with Gasteiger partial charge in [0.2, 0.25) is 5.91 Å². The van der Waals surface area contributed by atoms with Crippen LogP contribution < -0.4 is 10.6 Å². The van der Waals surface area contributed by atoms with Crippen LogP contribution in [0.3, 0.4) is 0 Å². The van der Waals surface area contributed by atoms with Gasteiger partial charge in [-0.3, -0.25) is 4.79 Å². The fourth-order valence-corrected chi connectivity index (χ4v) is 3.04. The van der Waals surface area contributed by atoms with Crippen LogP contribution in [0.15, 0.2) is 0 Å². The standard InChI is InChI=1S/C15H28N2O2/c1-11(16-10-13-8-9-19-12(13)2)15(18)17-14-6-4-3-5-7-14/h11-14,16H,3-10H2,1-2H3,(H,17,18). The molecule has 0 spiro atoms. The topological polar surface area (TPSA) is 50.4 Å². The van der Waals surface area contributed by atoms with Gasteiger partial charge in [0.25, 0.3) is 0 Å². The first kappa shape index (κ1) is 14.8. The maximum Gasteiger partial charge on any atom is 0.237 e. The molecular weight excluding hydrogens is 240 g/mol. The Bertz CT molecular complexity index is 290. The minimum atomic E-state index is -0.102. The number of carbonyl (C=O) groups is 1. The van der Waals surface area contributed by atoms with Crippen LogP contribution >= 0.6 is 0 Å². The fourth-order valence-electron chi connectivity index (χ4n) is 3.04. The van der Waals surface area contributed by atoms with Crippen molar-refractivity contribution in [3.8, 4) is 0 Å². The molecule has 0 aromatic rings. The Kier molecular flexibility index (Phi) is 5.64. The van der Waals surface area contributed by atoms with Gasteiger partial charge in [0.05, 0.1) is 12.1 Å². The van der Waals surface area contributed by atoms with E-state index < -0.39 is 0 Å². The van der Waals surface area contributed by atoms with Crippen molar-refractivity contribution in [2.45, 2.75) is 70.6 Å². The van der Waals surface area contributed by atoms with Crippen LogP contribution in [0.5, 0.6) is 0 Å². The minimum Gasteiger partial charge on any atom is -0.378 e. The van der Waals surface area contributed by atoms with Crippen molar-refractivity contribution in [1.29, 1.82) is 0 Å². The van der Waals surface area contributed by atoms with Crippen LogP contribution in [0, 0.1) is 5.92 Å². The third kappa shape index (κ3) is 4.46. The van der Waals surface area contributed by atoms with Crippen molar-refractivity contribution < 1.29 is 9.53 Å². The van der Waals surface area contributed by atoms with Gasteiger partial charge < -0.3 is 15.4 Å². The predicted octanol–water partition coefficient (Wildman–Crippen LogP) is 1.84. The average Bonchev–Trinajstić information content (AvgIpc) is 2.82. The third-order valence-electron chi connectivity index (χ3n) is 4.56. The Morgan fingerprint density at radius 1 is 1.26 bits per heavy atom. The fraction of sp³-hybridized carbons (Fsp3) is 0.933. The first-order valence-electron chi connectivity index (χ1n) is 7.82. The normalized spacial score (nSPS) is 30.2. The van der Waals surface area contributed by atoms with E-state index in [0.29, 0.717) is 18.1 Å². The Hall–Kier alpha value is -0.610. The van der Waals surface area contributed by atoms with E-state index in [1.54, 1.807) is 0 Å². The van der Waals surface area contributed by atoms with E-state index in [-0.39, 0.29) is 11.9 Å². The van der Waals surface area contributed by atoms with Gasteiger partial charge in [-0.15, -0.1) is 0 Å². The summed E-state index contributed by atoms with van der Waals surface area (Å²) < 4.78 is 5.54. The quantitative estimate of drug-likeness (QED) is 0.800. The number of rotatable bonds is 5. The largest absolute Gasteiger partial charge is 0.378 e. The molecule has 1 aliphatic heterocycles. The smallest absolute Gasteiger partial charge is 0.237 e. The summed E-state index contributed by atoms with van der Waals surface area (Å²) in [6.07, 6.45) is 7.54. The van der Waals surface area contributed by atoms with E-state index >= 15 is 0 Å². The summed E-state index contributed by atoms with van der Waals surface area (Å²) in [4.78, 5) is 12.1. The molecule has 1 aliphatic carbocycles. The highest BCUT2D eigenvalue weighted by molar-refractivity contribution is 5.81. The van der Waals surface area contributed by atoms with E-state index in [2.05, 4.69) is 17.6 Å². The Labute approximate surface area is 116 Å². The minimum absolute atomic E-state index is 0.102. The lowest BCUT2D eigenvalue weighted by Crippen LogP contribution is -2.48. The zero-order chi connectivity index (χ0) is 13.7. The summed E-state index contributed by atoms with van der Waals surface area (Å²) in [5.74, 6) is 0.698. The number of carbonyl (C=O) groups excluding carboxylic acids is 1. The van der Waals surface area contributed by atoms with Gasteiger partial charge in [-0.2, -0.15) is 0 Å². The molecule has 3 unspecified atom stereocenters. The first-order valence-corrected chi connectivity index (χ1v) is 7.82. The molecule has 0 bridgehead atoms. The molecule has 2 N–H and O–H groups in total. The predicted molar refractivity (Wildman–Crippen MR) is 76.0 cm³/mol.